The van der Waals surface area contributed by atoms with E-state index in [0.717, 1.165) is 22.7 Å². The van der Waals surface area contributed by atoms with Crippen LogP contribution in [-0.2, 0) is 19.9 Å². The fourth-order valence-electron chi connectivity index (χ4n) is 2.09. The number of thiophene rings is 1. The van der Waals surface area contributed by atoms with Gasteiger partial charge in [0.05, 0.1) is 22.5 Å². The summed E-state index contributed by atoms with van der Waals surface area (Å²) in [6.07, 6.45) is 0.789. The van der Waals surface area contributed by atoms with Gasteiger partial charge < -0.3 is 5.11 Å². The molecule has 0 aliphatic rings. The number of aliphatic hydroxyl groups excluding tert-OH is 1. The summed E-state index contributed by atoms with van der Waals surface area (Å²) in [5.41, 5.74) is 3.02. The van der Waals surface area contributed by atoms with E-state index >= 15 is 0 Å². The minimum Gasteiger partial charge on any atom is -0.387 e. The highest BCUT2D eigenvalue weighted by Gasteiger charge is 2.19. The molecule has 0 saturated heterocycles. The molecule has 0 aromatic carbocycles. The summed E-state index contributed by atoms with van der Waals surface area (Å²) in [7, 11) is 1.87. The van der Waals surface area contributed by atoms with E-state index in [2.05, 4.69) is 25.0 Å². The lowest BCUT2D eigenvalue weighted by molar-refractivity contribution is 0.179. The Kier molecular flexibility index (Phi) is 4.33. The van der Waals surface area contributed by atoms with Crippen LogP contribution in [-0.4, -0.2) is 14.9 Å². The quantitative estimate of drug-likeness (QED) is 0.937. The Morgan fingerprint density at radius 1 is 1.47 bits per heavy atom. The third-order valence-electron chi connectivity index (χ3n) is 3.40. The minimum atomic E-state index is -0.519. The maximum Gasteiger partial charge on any atom is 0.0937 e. The predicted octanol–water partition coefficient (Wildman–Crippen LogP) is 3.59. The van der Waals surface area contributed by atoms with Crippen molar-refractivity contribution in [1.82, 2.24) is 9.78 Å². The van der Waals surface area contributed by atoms with Crippen LogP contribution in [0.4, 0.5) is 0 Å². The molecule has 3 nitrogen and oxygen atoms in total. The van der Waals surface area contributed by atoms with Gasteiger partial charge >= 0.3 is 0 Å². The van der Waals surface area contributed by atoms with Gasteiger partial charge in [-0.05, 0) is 31.9 Å². The van der Waals surface area contributed by atoms with Crippen LogP contribution in [0.15, 0.2) is 6.07 Å². The Morgan fingerprint density at radius 3 is 2.63 bits per heavy atom. The van der Waals surface area contributed by atoms with E-state index in [1.807, 2.05) is 14.0 Å². The Labute approximate surface area is 122 Å². The molecular weight excluding hydrogens is 280 g/mol. The molecule has 2 aromatic heterocycles. The van der Waals surface area contributed by atoms with Crippen molar-refractivity contribution in [3.63, 3.8) is 0 Å². The molecule has 2 rings (SSSR count). The molecule has 0 saturated carbocycles. The molecule has 0 aliphatic carbocycles. The van der Waals surface area contributed by atoms with Crippen molar-refractivity contribution in [2.24, 2.45) is 7.05 Å². The first-order valence-corrected chi connectivity index (χ1v) is 7.58. The van der Waals surface area contributed by atoms with E-state index in [9.17, 15) is 5.11 Å². The summed E-state index contributed by atoms with van der Waals surface area (Å²) in [4.78, 5) is 2.24. The zero-order valence-electron chi connectivity index (χ0n) is 11.7. The summed E-state index contributed by atoms with van der Waals surface area (Å²) in [5.74, 6) is 0. The van der Waals surface area contributed by atoms with Crippen LogP contribution >= 0.6 is 22.9 Å². The van der Waals surface area contributed by atoms with Crippen molar-refractivity contribution in [2.75, 3.05) is 0 Å². The van der Waals surface area contributed by atoms with Gasteiger partial charge in [0, 0.05) is 23.2 Å². The van der Waals surface area contributed by atoms with Gasteiger partial charge in [-0.15, -0.1) is 11.3 Å². The highest BCUT2D eigenvalue weighted by molar-refractivity contribution is 7.12. The van der Waals surface area contributed by atoms with Crippen molar-refractivity contribution < 1.29 is 5.11 Å². The van der Waals surface area contributed by atoms with Gasteiger partial charge in [0.2, 0.25) is 0 Å². The number of nitrogens with zero attached hydrogens (tertiary/aromatic N) is 2. The van der Waals surface area contributed by atoms with Crippen LogP contribution in [0.5, 0.6) is 0 Å². The summed E-state index contributed by atoms with van der Waals surface area (Å²) in [6, 6.07) is 2.05. The molecule has 19 heavy (non-hydrogen) atoms. The smallest absolute Gasteiger partial charge is 0.0937 e. The second-order valence-corrected chi connectivity index (χ2v) is 6.46. The van der Waals surface area contributed by atoms with Gasteiger partial charge in [-0.1, -0.05) is 18.5 Å². The van der Waals surface area contributed by atoms with Crippen molar-refractivity contribution in [3.05, 3.63) is 37.8 Å². The van der Waals surface area contributed by atoms with Gasteiger partial charge in [0.25, 0.3) is 0 Å². The SMILES string of the molecule is CCc1nn(C)c(CC(O)c2cc(C)c(C)s2)c1Cl. The van der Waals surface area contributed by atoms with Crippen molar-refractivity contribution >= 4 is 22.9 Å². The molecule has 0 amide bonds. The Morgan fingerprint density at radius 2 is 2.16 bits per heavy atom. The average Bonchev–Trinajstić information content (AvgIpc) is 2.84. The molecule has 0 fully saturated rings. The highest BCUT2D eigenvalue weighted by atomic mass is 35.5. The fraction of sp³-hybridized carbons (Fsp3) is 0.500. The molecule has 1 N–H and O–H groups in total. The number of aromatic nitrogens is 2. The van der Waals surface area contributed by atoms with Gasteiger partial charge in [-0.3, -0.25) is 4.68 Å². The highest BCUT2D eigenvalue weighted by Crippen LogP contribution is 2.31. The predicted molar refractivity (Wildman–Crippen MR) is 80.1 cm³/mol. The first-order valence-electron chi connectivity index (χ1n) is 6.39. The largest absolute Gasteiger partial charge is 0.387 e. The standard InChI is InChI=1S/C14H19ClN2OS/c1-5-10-14(15)11(17(4)16-10)7-12(18)13-6-8(2)9(3)19-13/h6,12,18H,5,7H2,1-4H3. The Balaban J connectivity index is 2.23. The maximum absolute atomic E-state index is 10.4. The normalized spacial score (nSPS) is 12.9. The van der Waals surface area contributed by atoms with Gasteiger partial charge in [0.15, 0.2) is 0 Å². The fourth-order valence-corrected chi connectivity index (χ4v) is 3.49. The number of aliphatic hydroxyl groups is 1. The van der Waals surface area contributed by atoms with Crippen molar-refractivity contribution in [2.45, 2.75) is 39.7 Å². The van der Waals surface area contributed by atoms with Gasteiger partial charge in [0.1, 0.15) is 0 Å². The third-order valence-corrected chi connectivity index (χ3v) is 5.09. The summed E-state index contributed by atoms with van der Waals surface area (Å²) < 4.78 is 1.78. The van der Waals surface area contributed by atoms with Crippen LogP contribution in [0.25, 0.3) is 0 Å². The molecule has 0 radical (unpaired) electrons. The maximum atomic E-state index is 10.4. The van der Waals surface area contributed by atoms with E-state index in [0.29, 0.717) is 11.4 Å². The first-order chi connectivity index (χ1) is 8.93. The molecule has 1 atom stereocenters. The zero-order chi connectivity index (χ0) is 14.2. The van der Waals surface area contributed by atoms with E-state index in [1.54, 1.807) is 16.0 Å². The second-order valence-electron chi connectivity index (χ2n) is 4.79. The Hall–Kier alpha value is -0.840. The summed E-state index contributed by atoms with van der Waals surface area (Å²) in [6.45, 7) is 6.16. The van der Waals surface area contributed by atoms with Gasteiger partial charge in [-0.25, -0.2) is 0 Å². The number of hydrogen-bond acceptors (Lipinski definition) is 3. The van der Waals surface area contributed by atoms with Crippen LogP contribution in [0.1, 0.15) is 39.7 Å². The van der Waals surface area contributed by atoms with Crippen LogP contribution in [0.3, 0.4) is 0 Å². The van der Waals surface area contributed by atoms with E-state index in [-0.39, 0.29) is 0 Å². The van der Waals surface area contributed by atoms with Gasteiger partial charge in [-0.2, -0.15) is 5.10 Å². The van der Waals surface area contributed by atoms with E-state index in [4.69, 9.17) is 11.6 Å². The lowest BCUT2D eigenvalue weighted by atomic mass is 10.1. The molecule has 0 bridgehead atoms. The first kappa shape index (κ1) is 14.6. The summed E-state index contributed by atoms with van der Waals surface area (Å²) in [5, 5.41) is 15.4. The number of halogens is 1. The molecular formula is C14H19ClN2OS. The average molecular weight is 299 g/mol. The molecule has 0 aliphatic heterocycles. The van der Waals surface area contributed by atoms with Crippen molar-refractivity contribution in [1.29, 1.82) is 0 Å². The van der Waals surface area contributed by atoms with E-state index < -0.39 is 6.10 Å². The number of hydrogen-bond donors (Lipinski definition) is 1. The molecule has 104 valence electrons. The lowest BCUT2D eigenvalue weighted by Crippen LogP contribution is -2.05. The molecule has 1 unspecified atom stereocenters. The summed E-state index contributed by atoms with van der Waals surface area (Å²) >= 11 is 7.95. The van der Waals surface area contributed by atoms with Crippen LogP contribution in [0.2, 0.25) is 5.02 Å². The molecule has 2 aromatic rings. The van der Waals surface area contributed by atoms with Crippen LogP contribution in [0, 0.1) is 13.8 Å². The Bertz CT molecular complexity index is 569. The lowest BCUT2D eigenvalue weighted by Gasteiger charge is -2.09. The number of rotatable bonds is 4. The van der Waals surface area contributed by atoms with Crippen molar-refractivity contribution in [3.8, 4) is 0 Å². The molecule has 5 heteroatoms. The molecule has 0 spiro atoms. The molecule has 2 heterocycles. The van der Waals surface area contributed by atoms with E-state index in [1.165, 1.54) is 10.4 Å². The zero-order valence-corrected chi connectivity index (χ0v) is 13.3. The van der Waals surface area contributed by atoms with Crippen LogP contribution < -0.4 is 0 Å². The topological polar surface area (TPSA) is 38.0 Å². The minimum absolute atomic E-state index is 0.502. The number of aryl methyl sites for hydroxylation is 4. The third kappa shape index (κ3) is 2.86. The monoisotopic (exact) mass is 298 g/mol. The second kappa shape index (κ2) is 5.65.